The normalized spacial score (nSPS) is 23.4. The van der Waals surface area contributed by atoms with Crippen molar-refractivity contribution in [3.8, 4) is 5.75 Å². The molecule has 1 aliphatic carbocycles. The van der Waals surface area contributed by atoms with Crippen LogP contribution >= 0.6 is 11.6 Å². The molecule has 1 saturated carbocycles. The number of phenolic OH excluding ortho intramolecular Hbond substituents is 1. The Morgan fingerprint density at radius 1 is 1.37 bits per heavy atom. The third-order valence-electron chi connectivity index (χ3n) is 3.64. The summed E-state index contributed by atoms with van der Waals surface area (Å²) in [7, 11) is 0.189. The molecule has 0 bridgehead atoms. The molecule has 0 heterocycles. The summed E-state index contributed by atoms with van der Waals surface area (Å²) in [6.07, 6.45) is 1.08. The Morgan fingerprint density at radius 2 is 1.95 bits per heavy atom. The van der Waals surface area contributed by atoms with E-state index in [2.05, 4.69) is 0 Å². The van der Waals surface area contributed by atoms with Gasteiger partial charge in [0.25, 0.3) is 0 Å². The lowest BCUT2D eigenvalue weighted by Gasteiger charge is -2.39. The van der Waals surface area contributed by atoms with Crippen LogP contribution in [0.5, 0.6) is 5.75 Å². The molecule has 19 heavy (non-hydrogen) atoms. The number of hydrogen-bond donors (Lipinski definition) is 2. The maximum Gasteiger partial charge on any atom is 0.186 e. The molecule has 1 fully saturated rings. The first-order valence-corrected chi connectivity index (χ1v) is 7.85. The van der Waals surface area contributed by atoms with Gasteiger partial charge in [-0.2, -0.15) is 0 Å². The highest BCUT2D eigenvalue weighted by Gasteiger charge is 2.42. The summed E-state index contributed by atoms with van der Waals surface area (Å²) in [6.45, 7) is 0. The lowest BCUT2D eigenvalue weighted by atomic mass is 9.91. The second kappa shape index (κ2) is 4.85. The molecular formula is C12H17ClN2O3S. The Morgan fingerprint density at radius 3 is 2.47 bits per heavy atom. The number of anilines is 1. The number of nitrogen functional groups attached to an aromatic ring is 1. The standard InChI is InChI=1S/C12H17ClN2O3S/c1-15(2)7-5-8(6-7)19(17,18)12-9(13)3-4-10(14)11(12)16/h3-4,7-8,16H,5-6,14H2,1-2H3. The fourth-order valence-electron chi connectivity index (χ4n) is 2.21. The van der Waals surface area contributed by atoms with Crippen molar-refractivity contribution in [1.29, 1.82) is 0 Å². The minimum absolute atomic E-state index is 0.0139. The maximum absolute atomic E-state index is 12.5. The first kappa shape index (κ1) is 14.4. The molecule has 3 N–H and O–H groups in total. The van der Waals surface area contributed by atoms with Crippen molar-refractivity contribution in [1.82, 2.24) is 4.90 Å². The molecule has 0 spiro atoms. The van der Waals surface area contributed by atoms with Crippen molar-refractivity contribution >= 4 is 27.1 Å². The summed E-state index contributed by atoms with van der Waals surface area (Å²) >= 11 is 5.90. The summed E-state index contributed by atoms with van der Waals surface area (Å²) in [5, 5.41) is 9.36. The van der Waals surface area contributed by atoms with Gasteiger partial charge in [-0.3, -0.25) is 0 Å². The van der Waals surface area contributed by atoms with E-state index in [1.165, 1.54) is 12.1 Å². The van der Waals surface area contributed by atoms with Crippen LogP contribution in [0, 0.1) is 0 Å². The van der Waals surface area contributed by atoms with E-state index in [-0.39, 0.29) is 21.6 Å². The zero-order valence-corrected chi connectivity index (χ0v) is 12.4. The number of sulfone groups is 1. The quantitative estimate of drug-likeness (QED) is 0.653. The second-order valence-electron chi connectivity index (χ2n) is 5.07. The fourth-order valence-corrected chi connectivity index (χ4v) is 4.70. The van der Waals surface area contributed by atoms with Gasteiger partial charge in [-0.1, -0.05) is 11.6 Å². The van der Waals surface area contributed by atoms with Gasteiger partial charge in [0.1, 0.15) is 4.90 Å². The molecule has 2 rings (SSSR count). The number of phenols is 1. The Bertz CT molecular complexity index is 595. The molecule has 0 radical (unpaired) electrons. The van der Waals surface area contributed by atoms with Crippen molar-refractivity contribution in [3.05, 3.63) is 17.2 Å². The number of halogens is 1. The zero-order chi connectivity index (χ0) is 14.4. The van der Waals surface area contributed by atoms with Gasteiger partial charge in [0.2, 0.25) is 0 Å². The minimum atomic E-state index is -3.64. The SMILES string of the molecule is CN(C)C1CC(S(=O)(=O)c2c(Cl)ccc(N)c2O)C1. The van der Waals surface area contributed by atoms with E-state index in [1.807, 2.05) is 19.0 Å². The van der Waals surface area contributed by atoms with Gasteiger partial charge in [0, 0.05) is 6.04 Å². The largest absolute Gasteiger partial charge is 0.504 e. The highest BCUT2D eigenvalue weighted by Crippen LogP contribution is 2.42. The van der Waals surface area contributed by atoms with Crippen LogP contribution in [0.15, 0.2) is 17.0 Å². The van der Waals surface area contributed by atoms with E-state index in [0.29, 0.717) is 12.8 Å². The van der Waals surface area contributed by atoms with Crippen LogP contribution in [0.4, 0.5) is 5.69 Å². The third-order valence-corrected chi connectivity index (χ3v) is 6.31. The smallest absolute Gasteiger partial charge is 0.186 e. The first-order valence-electron chi connectivity index (χ1n) is 5.92. The van der Waals surface area contributed by atoms with Crippen LogP contribution in [-0.2, 0) is 9.84 Å². The molecule has 0 aliphatic heterocycles. The highest BCUT2D eigenvalue weighted by molar-refractivity contribution is 7.92. The number of nitrogens with two attached hydrogens (primary N) is 1. The minimum Gasteiger partial charge on any atom is -0.504 e. The van der Waals surface area contributed by atoms with Gasteiger partial charge in [0.15, 0.2) is 15.6 Å². The Balaban J connectivity index is 2.35. The molecule has 7 heteroatoms. The summed E-state index contributed by atoms with van der Waals surface area (Å²) in [5.41, 5.74) is 5.56. The van der Waals surface area contributed by atoms with E-state index >= 15 is 0 Å². The summed E-state index contributed by atoms with van der Waals surface area (Å²) in [4.78, 5) is 1.75. The number of nitrogens with zero attached hydrogens (tertiary/aromatic N) is 1. The predicted molar refractivity (Wildman–Crippen MR) is 75.2 cm³/mol. The van der Waals surface area contributed by atoms with Gasteiger partial charge < -0.3 is 15.7 Å². The van der Waals surface area contributed by atoms with E-state index in [0.717, 1.165) is 0 Å². The molecule has 5 nitrogen and oxygen atoms in total. The van der Waals surface area contributed by atoms with Crippen molar-refractivity contribution < 1.29 is 13.5 Å². The Kier molecular flexibility index (Phi) is 3.68. The molecule has 1 aromatic rings. The molecule has 1 aromatic carbocycles. The summed E-state index contributed by atoms with van der Waals surface area (Å²) in [6, 6.07) is 3.04. The summed E-state index contributed by atoms with van der Waals surface area (Å²) in [5.74, 6) is -0.444. The third kappa shape index (κ3) is 2.40. The average Bonchev–Trinajstić information content (AvgIpc) is 2.20. The Hall–Kier alpha value is -0.980. The van der Waals surface area contributed by atoms with Crippen molar-refractivity contribution in [2.45, 2.75) is 29.0 Å². The van der Waals surface area contributed by atoms with Crippen LogP contribution in [-0.4, -0.2) is 43.8 Å². The molecule has 0 saturated heterocycles. The van der Waals surface area contributed by atoms with Crippen LogP contribution in [0.25, 0.3) is 0 Å². The molecule has 0 aromatic heterocycles. The highest BCUT2D eigenvalue weighted by atomic mass is 35.5. The number of rotatable bonds is 3. The van der Waals surface area contributed by atoms with Gasteiger partial charge in [-0.05, 0) is 39.1 Å². The van der Waals surface area contributed by atoms with Crippen molar-refractivity contribution in [2.75, 3.05) is 19.8 Å². The summed E-state index contributed by atoms with van der Waals surface area (Å²) < 4.78 is 24.9. The van der Waals surface area contributed by atoms with Crippen LogP contribution in [0.3, 0.4) is 0 Å². The topological polar surface area (TPSA) is 83.6 Å². The fraction of sp³-hybridized carbons (Fsp3) is 0.500. The van der Waals surface area contributed by atoms with Crippen LogP contribution < -0.4 is 5.73 Å². The van der Waals surface area contributed by atoms with Gasteiger partial charge >= 0.3 is 0 Å². The molecule has 0 amide bonds. The maximum atomic E-state index is 12.5. The predicted octanol–water partition coefficient (Wildman–Crippen LogP) is 1.49. The zero-order valence-electron chi connectivity index (χ0n) is 10.8. The van der Waals surface area contributed by atoms with E-state index in [9.17, 15) is 13.5 Å². The Labute approximate surface area is 117 Å². The van der Waals surface area contributed by atoms with E-state index in [1.54, 1.807) is 0 Å². The molecule has 1 aliphatic rings. The molecular weight excluding hydrogens is 288 g/mol. The van der Waals surface area contributed by atoms with Crippen LogP contribution in [0.1, 0.15) is 12.8 Å². The number of benzene rings is 1. The van der Waals surface area contributed by atoms with Gasteiger partial charge in [-0.25, -0.2) is 8.42 Å². The van der Waals surface area contributed by atoms with Crippen LogP contribution in [0.2, 0.25) is 5.02 Å². The van der Waals surface area contributed by atoms with Gasteiger partial charge in [-0.15, -0.1) is 0 Å². The first-order chi connectivity index (χ1) is 8.75. The van der Waals surface area contributed by atoms with E-state index < -0.39 is 20.8 Å². The molecule has 0 atom stereocenters. The second-order valence-corrected chi connectivity index (χ2v) is 7.64. The number of aromatic hydroxyl groups is 1. The van der Waals surface area contributed by atoms with Crippen molar-refractivity contribution in [3.63, 3.8) is 0 Å². The lowest BCUT2D eigenvalue weighted by molar-refractivity contribution is 0.196. The van der Waals surface area contributed by atoms with Gasteiger partial charge in [0.05, 0.1) is 16.0 Å². The lowest BCUT2D eigenvalue weighted by Crippen LogP contribution is -2.47. The number of hydrogen-bond acceptors (Lipinski definition) is 5. The van der Waals surface area contributed by atoms with E-state index in [4.69, 9.17) is 17.3 Å². The monoisotopic (exact) mass is 304 g/mol. The molecule has 0 unspecified atom stereocenters. The average molecular weight is 305 g/mol. The van der Waals surface area contributed by atoms with Crippen molar-refractivity contribution in [2.24, 2.45) is 0 Å². The molecule has 106 valence electrons.